The molecule has 1 aromatic rings. The molecule has 0 radical (unpaired) electrons. The van der Waals surface area contributed by atoms with Gasteiger partial charge < -0.3 is 15.2 Å². The van der Waals surface area contributed by atoms with E-state index in [1.807, 2.05) is 38.1 Å². The maximum atomic E-state index is 11.7. The van der Waals surface area contributed by atoms with Gasteiger partial charge in [-0.05, 0) is 30.4 Å². The van der Waals surface area contributed by atoms with Crippen LogP contribution in [0.15, 0.2) is 30.3 Å². The zero-order valence-corrected chi connectivity index (χ0v) is 13.1. The Morgan fingerprint density at radius 3 is 2.76 bits per heavy atom. The number of ether oxygens (including phenoxy) is 1. The summed E-state index contributed by atoms with van der Waals surface area (Å²) >= 11 is 0. The van der Waals surface area contributed by atoms with Crippen LogP contribution in [0.3, 0.4) is 0 Å². The van der Waals surface area contributed by atoms with E-state index in [9.17, 15) is 4.79 Å². The Morgan fingerprint density at radius 1 is 1.38 bits per heavy atom. The summed E-state index contributed by atoms with van der Waals surface area (Å²) in [5, 5.41) is 12.0. The molecule has 0 heterocycles. The lowest BCUT2D eigenvalue weighted by molar-refractivity contribution is -0.116. The first-order valence-corrected chi connectivity index (χ1v) is 7.18. The smallest absolute Gasteiger partial charge is 0.244 e. The van der Waals surface area contributed by atoms with Crippen molar-refractivity contribution in [3.63, 3.8) is 0 Å². The average molecular weight is 291 g/mol. The molecule has 0 atom stereocenters. The second-order valence-corrected chi connectivity index (χ2v) is 5.79. The van der Waals surface area contributed by atoms with Crippen LogP contribution in [-0.4, -0.2) is 31.3 Å². The van der Waals surface area contributed by atoms with E-state index in [2.05, 4.69) is 5.32 Å². The molecule has 4 heteroatoms. The van der Waals surface area contributed by atoms with Crippen molar-refractivity contribution in [1.82, 2.24) is 5.32 Å². The van der Waals surface area contributed by atoms with Crippen molar-refractivity contribution in [2.45, 2.75) is 26.7 Å². The quantitative estimate of drug-likeness (QED) is 0.572. The standard InChI is InChI=1S/C17H25NO3/c1-17(2,13-19)11-6-12-18-16(20)10-9-14-7-4-5-8-15(14)21-3/h4-5,7-10,19H,6,11-13H2,1-3H3,(H,18,20)/b10-9+. The molecule has 1 rings (SSSR count). The van der Waals surface area contributed by atoms with Gasteiger partial charge in [-0.1, -0.05) is 32.0 Å². The first-order valence-electron chi connectivity index (χ1n) is 7.18. The Kier molecular flexibility index (Phi) is 6.96. The number of amides is 1. The van der Waals surface area contributed by atoms with Crippen molar-refractivity contribution in [2.24, 2.45) is 5.41 Å². The number of nitrogens with one attached hydrogen (secondary N) is 1. The van der Waals surface area contributed by atoms with Crippen LogP contribution in [0.1, 0.15) is 32.3 Å². The van der Waals surface area contributed by atoms with Gasteiger partial charge in [-0.25, -0.2) is 0 Å². The van der Waals surface area contributed by atoms with Crippen LogP contribution in [0.4, 0.5) is 0 Å². The van der Waals surface area contributed by atoms with Crippen molar-refractivity contribution >= 4 is 12.0 Å². The molecule has 1 aromatic carbocycles. The first kappa shape index (κ1) is 17.2. The first-order chi connectivity index (χ1) is 9.98. The molecular weight excluding hydrogens is 266 g/mol. The molecular formula is C17H25NO3. The van der Waals surface area contributed by atoms with Crippen molar-refractivity contribution in [2.75, 3.05) is 20.3 Å². The lowest BCUT2D eigenvalue weighted by atomic mass is 9.89. The van der Waals surface area contributed by atoms with Crippen LogP contribution in [0.2, 0.25) is 0 Å². The van der Waals surface area contributed by atoms with Crippen LogP contribution in [0.5, 0.6) is 5.75 Å². The Balaban J connectivity index is 2.38. The highest BCUT2D eigenvalue weighted by atomic mass is 16.5. The van der Waals surface area contributed by atoms with Gasteiger partial charge in [-0.15, -0.1) is 0 Å². The van der Waals surface area contributed by atoms with Gasteiger partial charge in [0.25, 0.3) is 0 Å². The van der Waals surface area contributed by atoms with Gasteiger partial charge >= 0.3 is 0 Å². The number of hydrogen-bond acceptors (Lipinski definition) is 3. The molecule has 0 aliphatic heterocycles. The highest BCUT2D eigenvalue weighted by Gasteiger charge is 2.15. The van der Waals surface area contributed by atoms with Crippen molar-refractivity contribution < 1.29 is 14.6 Å². The predicted molar refractivity (Wildman–Crippen MR) is 85.1 cm³/mol. The minimum absolute atomic E-state index is 0.0853. The molecule has 0 spiro atoms. The molecule has 0 saturated heterocycles. The second kappa shape index (κ2) is 8.47. The van der Waals surface area contributed by atoms with Crippen LogP contribution >= 0.6 is 0 Å². The summed E-state index contributed by atoms with van der Waals surface area (Å²) in [6.07, 6.45) is 4.97. The molecule has 0 bridgehead atoms. The molecule has 0 unspecified atom stereocenters. The van der Waals surface area contributed by atoms with E-state index in [1.165, 1.54) is 6.08 Å². The third-order valence-corrected chi connectivity index (χ3v) is 3.31. The fourth-order valence-corrected chi connectivity index (χ4v) is 1.89. The number of methoxy groups -OCH3 is 1. The summed E-state index contributed by atoms with van der Waals surface area (Å²) < 4.78 is 5.22. The Morgan fingerprint density at radius 2 is 2.10 bits per heavy atom. The molecule has 0 aliphatic rings. The van der Waals surface area contributed by atoms with E-state index in [-0.39, 0.29) is 17.9 Å². The fourth-order valence-electron chi connectivity index (χ4n) is 1.89. The van der Waals surface area contributed by atoms with Crippen molar-refractivity contribution in [3.05, 3.63) is 35.9 Å². The Labute approximate surface area is 126 Å². The molecule has 0 aromatic heterocycles. The normalized spacial score (nSPS) is 11.6. The minimum Gasteiger partial charge on any atom is -0.496 e. The second-order valence-electron chi connectivity index (χ2n) is 5.79. The third kappa shape index (κ3) is 6.45. The minimum atomic E-state index is -0.122. The van der Waals surface area contributed by atoms with E-state index >= 15 is 0 Å². The number of carbonyl (C=O) groups excluding carboxylic acids is 1. The van der Waals surface area contributed by atoms with E-state index in [1.54, 1.807) is 13.2 Å². The van der Waals surface area contributed by atoms with Gasteiger partial charge in [0.2, 0.25) is 5.91 Å². The van der Waals surface area contributed by atoms with Crippen LogP contribution in [0, 0.1) is 5.41 Å². The summed E-state index contributed by atoms with van der Waals surface area (Å²) in [5.74, 6) is 0.619. The Hall–Kier alpha value is -1.81. The molecule has 0 aliphatic carbocycles. The van der Waals surface area contributed by atoms with E-state index in [0.29, 0.717) is 6.54 Å². The van der Waals surface area contributed by atoms with Crippen LogP contribution in [-0.2, 0) is 4.79 Å². The fraction of sp³-hybridized carbons (Fsp3) is 0.471. The molecule has 1 amide bonds. The number of rotatable bonds is 8. The highest BCUT2D eigenvalue weighted by molar-refractivity contribution is 5.92. The zero-order valence-electron chi connectivity index (χ0n) is 13.1. The van der Waals surface area contributed by atoms with E-state index in [0.717, 1.165) is 24.2 Å². The molecule has 116 valence electrons. The maximum absolute atomic E-state index is 11.7. The number of benzene rings is 1. The SMILES string of the molecule is COc1ccccc1/C=C/C(=O)NCCCC(C)(C)CO. The number of carbonyl (C=O) groups is 1. The van der Waals surface area contributed by atoms with Gasteiger partial charge in [0.15, 0.2) is 0 Å². The summed E-state index contributed by atoms with van der Waals surface area (Å²) in [4.78, 5) is 11.7. The summed E-state index contributed by atoms with van der Waals surface area (Å²) in [7, 11) is 1.61. The van der Waals surface area contributed by atoms with E-state index < -0.39 is 0 Å². The Bertz CT molecular complexity index is 481. The predicted octanol–water partition coefficient (Wildman–Crippen LogP) is 2.62. The number of aliphatic hydroxyl groups excluding tert-OH is 1. The van der Waals surface area contributed by atoms with Gasteiger partial charge in [0, 0.05) is 24.8 Å². The topological polar surface area (TPSA) is 58.6 Å². The molecule has 0 saturated carbocycles. The van der Waals surface area contributed by atoms with Gasteiger partial charge in [-0.3, -0.25) is 4.79 Å². The van der Waals surface area contributed by atoms with Crippen molar-refractivity contribution in [3.8, 4) is 5.75 Å². The lowest BCUT2D eigenvalue weighted by Crippen LogP contribution is -2.24. The highest BCUT2D eigenvalue weighted by Crippen LogP contribution is 2.20. The summed E-state index contributed by atoms with van der Waals surface area (Å²) in [6.45, 7) is 4.79. The average Bonchev–Trinajstić information content (AvgIpc) is 2.49. The molecule has 21 heavy (non-hydrogen) atoms. The van der Waals surface area contributed by atoms with Gasteiger partial charge in [-0.2, -0.15) is 0 Å². The van der Waals surface area contributed by atoms with Crippen molar-refractivity contribution in [1.29, 1.82) is 0 Å². The number of hydrogen-bond donors (Lipinski definition) is 2. The van der Waals surface area contributed by atoms with Crippen LogP contribution < -0.4 is 10.1 Å². The maximum Gasteiger partial charge on any atom is 0.244 e. The molecule has 2 N–H and O–H groups in total. The third-order valence-electron chi connectivity index (χ3n) is 3.31. The van der Waals surface area contributed by atoms with Crippen LogP contribution in [0.25, 0.3) is 6.08 Å². The number of para-hydroxylation sites is 1. The van der Waals surface area contributed by atoms with Gasteiger partial charge in [0.1, 0.15) is 5.75 Å². The summed E-state index contributed by atoms with van der Waals surface area (Å²) in [6, 6.07) is 7.54. The van der Waals surface area contributed by atoms with E-state index in [4.69, 9.17) is 9.84 Å². The summed E-state index contributed by atoms with van der Waals surface area (Å²) in [5.41, 5.74) is 0.786. The lowest BCUT2D eigenvalue weighted by Gasteiger charge is -2.20. The van der Waals surface area contributed by atoms with Gasteiger partial charge in [0.05, 0.1) is 7.11 Å². The largest absolute Gasteiger partial charge is 0.496 e. The zero-order chi connectivity index (χ0) is 15.7. The number of aliphatic hydroxyl groups is 1. The molecule has 0 fully saturated rings. The molecule has 4 nitrogen and oxygen atoms in total. The monoisotopic (exact) mass is 291 g/mol.